The van der Waals surface area contributed by atoms with Crippen molar-refractivity contribution in [3.05, 3.63) is 34.3 Å². The molecule has 0 saturated carbocycles. The molecule has 1 aromatic rings. The summed E-state index contributed by atoms with van der Waals surface area (Å²) in [6.07, 6.45) is 0.246. The standard InChI is InChI=1S/C13H20ClNO/c1-9-4-5-11(12(14)6-9)7-13(3,8-15)10(2)16/h4-6,10,16H,7-8,15H2,1-3H3. The number of aliphatic hydroxyl groups is 1. The van der Waals surface area contributed by atoms with E-state index < -0.39 is 6.10 Å². The molecule has 1 rings (SSSR count). The zero-order chi connectivity index (χ0) is 12.3. The fourth-order valence-corrected chi connectivity index (χ4v) is 1.92. The first-order valence-electron chi connectivity index (χ1n) is 5.52. The van der Waals surface area contributed by atoms with E-state index in [0.717, 1.165) is 16.1 Å². The Hall–Kier alpha value is -0.570. The molecule has 90 valence electrons. The lowest BCUT2D eigenvalue weighted by atomic mass is 9.79. The van der Waals surface area contributed by atoms with Gasteiger partial charge in [-0.25, -0.2) is 0 Å². The van der Waals surface area contributed by atoms with Crippen molar-refractivity contribution in [1.82, 2.24) is 0 Å². The van der Waals surface area contributed by atoms with Crippen LogP contribution in [0.5, 0.6) is 0 Å². The van der Waals surface area contributed by atoms with Crippen LogP contribution in [0.15, 0.2) is 18.2 Å². The number of hydrogen-bond acceptors (Lipinski definition) is 2. The first kappa shape index (κ1) is 13.5. The van der Waals surface area contributed by atoms with Crippen LogP contribution in [-0.4, -0.2) is 17.8 Å². The fraction of sp³-hybridized carbons (Fsp3) is 0.538. The number of aryl methyl sites for hydroxylation is 1. The van der Waals surface area contributed by atoms with Gasteiger partial charge in [-0.1, -0.05) is 30.7 Å². The highest BCUT2D eigenvalue weighted by Crippen LogP contribution is 2.29. The Morgan fingerprint density at radius 3 is 2.56 bits per heavy atom. The molecule has 0 heterocycles. The molecule has 0 spiro atoms. The molecule has 0 bridgehead atoms. The van der Waals surface area contributed by atoms with Crippen LogP contribution in [0.3, 0.4) is 0 Å². The highest BCUT2D eigenvalue weighted by atomic mass is 35.5. The first-order chi connectivity index (χ1) is 7.39. The molecule has 0 amide bonds. The van der Waals surface area contributed by atoms with E-state index in [-0.39, 0.29) is 5.41 Å². The van der Waals surface area contributed by atoms with Crippen molar-refractivity contribution in [1.29, 1.82) is 0 Å². The SMILES string of the molecule is Cc1ccc(CC(C)(CN)C(C)O)c(Cl)c1. The predicted molar refractivity (Wildman–Crippen MR) is 68.7 cm³/mol. The third-order valence-corrected chi connectivity index (χ3v) is 3.63. The summed E-state index contributed by atoms with van der Waals surface area (Å²) in [4.78, 5) is 0. The summed E-state index contributed by atoms with van der Waals surface area (Å²) in [6, 6.07) is 5.98. The molecule has 3 N–H and O–H groups in total. The average Bonchev–Trinajstić information content (AvgIpc) is 2.22. The topological polar surface area (TPSA) is 46.2 Å². The van der Waals surface area contributed by atoms with Crippen molar-refractivity contribution < 1.29 is 5.11 Å². The van der Waals surface area contributed by atoms with E-state index in [9.17, 15) is 5.11 Å². The monoisotopic (exact) mass is 241 g/mol. The molecule has 16 heavy (non-hydrogen) atoms. The summed E-state index contributed by atoms with van der Waals surface area (Å²) in [5, 5.41) is 10.5. The Morgan fingerprint density at radius 2 is 2.12 bits per heavy atom. The van der Waals surface area contributed by atoms with Gasteiger partial charge in [0, 0.05) is 17.0 Å². The first-order valence-corrected chi connectivity index (χ1v) is 5.90. The lowest BCUT2D eigenvalue weighted by molar-refractivity contribution is 0.0589. The lowest BCUT2D eigenvalue weighted by Gasteiger charge is -2.31. The Morgan fingerprint density at radius 1 is 1.50 bits per heavy atom. The van der Waals surface area contributed by atoms with Crippen LogP contribution in [0.2, 0.25) is 5.02 Å². The molecule has 3 heteroatoms. The van der Waals surface area contributed by atoms with Gasteiger partial charge in [-0.05, 0) is 37.5 Å². The van der Waals surface area contributed by atoms with Crippen molar-refractivity contribution in [2.24, 2.45) is 11.1 Å². The molecular weight excluding hydrogens is 222 g/mol. The largest absolute Gasteiger partial charge is 0.393 e. The average molecular weight is 242 g/mol. The molecule has 0 aromatic heterocycles. The zero-order valence-corrected chi connectivity index (χ0v) is 10.9. The molecule has 0 saturated heterocycles. The molecule has 0 aliphatic heterocycles. The van der Waals surface area contributed by atoms with Crippen LogP contribution in [0.25, 0.3) is 0 Å². The highest BCUT2D eigenvalue weighted by Gasteiger charge is 2.29. The summed E-state index contributed by atoms with van der Waals surface area (Å²) in [7, 11) is 0. The number of aliphatic hydroxyl groups excluding tert-OH is 1. The van der Waals surface area contributed by atoms with E-state index in [1.165, 1.54) is 0 Å². The Balaban J connectivity index is 2.95. The van der Waals surface area contributed by atoms with Crippen molar-refractivity contribution in [3.63, 3.8) is 0 Å². The second kappa shape index (κ2) is 5.17. The quantitative estimate of drug-likeness (QED) is 0.851. The van der Waals surface area contributed by atoms with Crippen LogP contribution in [0, 0.1) is 12.3 Å². The Labute approximate surface area is 102 Å². The van der Waals surface area contributed by atoms with E-state index in [4.69, 9.17) is 17.3 Å². The van der Waals surface area contributed by atoms with Crippen molar-refractivity contribution in [2.75, 3.05) is 6.54 Å². The van der Waals surface area contributed by atoms with E-state index in [0.29, 0.717) is 13.0 Å². The number of nitrogens with two attached hydrogens (primary N) is 1. The Kier molecular flexibility index (Phi) is 4.36. The van der Waals surface area contributed by atoms with Crippen molar-refractivity contribution in [2.45, 2.75) is 33.3 Å². The zero-order valence-electron chi connectivity index (χ0n) is 10.1. The van der Waals surface area contributed by atoms with Gasteiger partial charge in [0.15, 0.2) is 0 Å². The number of halogens is 1. The lowest BCUT2D eigenvalue weighted by Crippen LogP contribution is -2.39. The van der Waals surface area contributed by atoms with Gasteiger partial charge in [0.2, 0.25) is 0 Å². The predicted octanol–water partition coefficient (Wildman–Crippen LogP) is 2.54. The van der Waals surface area contributed by atoms with Crippen LogP contribution in [0.1, 0.15) is 25.0 Å². The molecule has 2 atom stereocenters. The maximum absolute atomic E-state index is 9.76. The third kappa shape index (κ3) is 2.97. The molecule has 0 fully saturated rings. The van der Waals surface area contributed by atoms with Crippen LogP contribution in [0.4, 0.5) is 0 Å². The molecular formula is C13H20ClNO. The van der Waals surface area contributed by atoms with Crippen LogP contribution < -0.4 is 5.73 Å². The minimum absolute atomic E-state index is 0.321. The smallest absolute Gasteiger partial charge is 0.0580 e. The Bertz CT molecular complexity index is 365. The van der Waals surface area contributed by atoms with Gasteiger partial charge in [0.1, 0.15) is 0 Å². The highest BCUT2D eigenvalue weighted by molar-refractivity contribution is 6.31. The van der Waals surface area contributed by atoms with Crippen molar-refractivity contribution >= 4 is 11.6 Å². The normalized spacial score (nSPS) is 16.9. The fourth-order valence-electron chi connectivity index (χ4n) is 1.62. The molecule has 0 aliphatic carbocycles. The van der Waals surface area contributed by atoms with Gasteiger partial charge < -0.3 is 10.8 Å². The molecule has 0 radical (unpaired) electrons. The van der Waals surface area contributed by atoms with Gasteiger partial charge in [-0.15, -0.1) is 0 Å². The number of hydrogen-bond donors (Lipinski definition) is 2. The van der Waals surface area contributed by atoms with E-state index in [1.807, 2.05) is 32.0 Å². The number of rotatable bonds is 4. The summed E-state index contributed by atoms with van der Waals surface area (Å²) < 4.78 is 0. The summed E-state index contributed by atoms with van der Waals surface area (Å²) in [5.74, 6) is 0. The minimum Gasteiger partial charge on any atom is -0.393 e. The number of benzene rings is 1. The third-order valence-electron chi connectivity index (χ3n) is 3.28. The van der Waals surface area contributed by atoms with Gasteiger partial charge in [-0.2, -0.15) is 0 Å². The van der Waals surface area contributed by atoms with Gasteiger partial charge >= 0.3 is 0 Å². The molecule has 0 aliphatic rings. The van der Waals surface area contributed by atoms with E-state index in [2.05, 4.69) is 0 Å². The van der Waals surface area contributed by atoms with Crippen LogP contribution in [-0.2, 0) is 6.42 Å². The van der Waals surface area contributed by atoms with Crippen molar-refractivity contribution in [3.8, 4) is 0 Å². The second-order valence-corrected chi connectivity index (χ2v) is 5.21. The van der Waals surface area contributed by atoms with E-state index >= 15 is 0 Å². The minimum atomic E-state index is -0.449. The maximum atomic E-state index is 9.76. The molecule has 1 aromatic carbocycles. The summed E-state index contributed by atoms with van der Waals surface area (Å²) in [5.41, 5.74) is 7.59. The molecule has 2 nitrogen and oxygen atoms in total. The summed E-state index contributed by atoms with van der Waals surface area (Å²) in [6.45, 7) is 6.20. The van der Waals surface area contributed by atoms with Crippen LogP contribution >= 0.6 is 11.6 Å². The van der Waals surface area contributed by atoms with E-state index in [1.54, 1.807) is 6.92 Å². The summed E-state index contributed by atoms with van der Waals surface area (Å²) >= 11 is 6.17. The maximum Gasteiger partial charge on any atom is 0.0580 e. The molecule has 2 unspecified atom stereocenters. The van der Waals surface area contributed by atoms with Gasteiger partial charge in [0.25, 0.3) is 0 Å². The van der Waals surface area contributed by atoms with Gasteiger partial charge in [-0.3, -0.25) is 0 Å². The second-order valence-electron chi connectivity index (χ2n) is 4.81. The van der Waals surface area contributed by atoms with Gasteiger partial charge in [0.05, 0.1) is 6.10 Å².